The highest BCUT2D eigenvalue weighted by Crippen LogP contribution is 2.38. The summed E-state index contributed by atoms with van der Waals surface area (Å²) >= 11 is 0. The molecule has 0 saturated carbocycles. The van der Waals surface area contributed by atoms with E-state index in [-0.39, 0.29) is 24.0 Å². The van der Waals surface area contributed by atoms with E-state index in [9.17, 15) is 5.11 Å². The second-order valence-corrected chi connectivity index (χ2v) is 6.31. The molecule has 0 aliphatic carbocycles. The van der Waals surface area contributed by atoms with Gasteiger partial charge in [0.15, 0.2) is 5.96 Å². The lowest BCUT2D eigenvalue weighted by Crippen LogP contribution is -2.48. The summed E-state index contributed by atoms with van der Waals surface area (Å²) in [5.74, 6) is 0.911. The summed E-state index contributed by atoms with van der Waals surface area (Å²) in [6, 6.07) is 0. The topological polar surface area (TPSA) is 57.1 Å². The first-order valence-corrected chi connectivity index (χ1v) is 7.82. The van der Waals surface area contributed by atoms with Crippen molar-refractivity contribution in [3.05, 3.63) is 0 Å². The molecular formula is C15H30IN3O2. The second kappa shape index (κ2) is 7.97. The van der Waals surface area contributed by atoms with Gasteiger partial charge in [0, 0.05) is 38.7 Å². The number of ether oxygens (including phenoxy) is 1. The molecule has 0 amide bonds. The summed E-state index contributed by atoms with van der Waals surface area (Å²) in [6.07, 6.45) is 3.85. The third-order valence-corrected chi connectivity index (χ3v) is 5.03. The number of nitrogens with one attached hydrogen (secondary N) is 1. The van der Waals surface area contributed by atoms with Crippen LogP contribution in [0.25, 0.3) is 0 Å². The van der Waals surface area contributed by atoms with Gasteiger partial charge in [-0.3, -0.25) is 4.99 Å². The number of hydrogen-bond acceptors (Lipinski definition) is 3. The Bertz CT molecular complexity index is 353. The summed E-state index contributed by atoms with van der Waals surface area (Å²) in [4.78, 5) is 6.68. The molecule has 0 aromatic carbocycles. The summed E-state index contributed by atoms with van der Waals surface area (Å²) in [7, 11) is 1.81. The van der Waals surface area contributed by atoms with Crippen LogP contribution in [0.5, 0.6) is 0 Å². The number of hydrogen-bond donors (Lipinski definition) is 2. The van der Waals surface area contributed by atoms with Gasteiger partial charge in [-0.05, 0) is 25.7 Å². The highest BCUT2D eigenvalue weighted by atomic mass is 127. The van der Waals surface area contributed by atoms with Gasteiger partial charge in [-0.1, -0.05) is 13.8 Å². The average Bonchev–Trinajstić information content (AvgIpc) is 3.10. The molecule has 2 aliphatic rings. The van der Waals surface area contributed by atoms with Crippen molar-refractivity contribution in [2.24, 2.45) is 10.4 Å². The molecule has 0 radical (unpaired) electrons. The maximum Gasteiger partial charge on any atom is 0.193 e. The van der Waals surface area contributed by atoms with Crippen molar-refractivity contribution in [1.29, 1.82) is 0 Å². The van der Waals surface area contributed by atoms with Crippen molar-refractivity contribution < 1.29 is 9.84 Å². The summed E-state index contributed by atoms with van der Waals surface area (Å²) in [5.41, 5.74) is -0.298. The zero-order valence-electron chi connectivity index (χ0n) is 13.5. The Morgan fingerprint density at radius 2 is 2.10 bits per heavy atom. The second-order valence-electron chi connectivity index (χ2n) is 6.31. The van der Waals surface area contributed by atoms with E-state index in [1.54, 1.807) is 0 Å². The average molecular weight is 411 g/mol. The largest absolute Gasteiger partial charge is 0.388 e. The third kappa shape index (κ3) is 4.45. The van der Waals surface area contributed by atoms with Gasteiger partial charge in [-0.25, -0.2) is 0 Å². The quantitative estimate of drug-likeness (QED) is 0.421. The lowest BCUT2D eigenvalue weighted by atomic mass is 9.87. The SMILES string of the molecule is CCC(O)(CC)CNC(=NC)N1CCC2(CCOC2)C1.I. The van der Waals surface area contributed by atoms with Gasteiger partial charge in [-0.15, -0.1) is 24.0 Å². The van der Waals surface area contributed by atoms with E-state index in [1.165, 1.54) is 6.42 Å². The highest BCUT2D eigenvalue weighted by molar-refractivity contribution is 14.0. The number of halogens is 1. The van der Waals surface area contributed by atoms with Gasteiger partial charge >= 0.3 is 0 Å². The fourth-order valence-corrected chi connectivity index (χ4v) is 3.16. The Labute approximate surface area is 145 Å². The zero-order valence-corrected chi connectivity index (χ0v) is 15.9. The number of nitrogens with zero attached hydrogens (tertiary/aromatic N) is 2. The Morgan fingerprint density at radius 1 is 1.38 bits per heavy atom. The molecular weight excluding hydrogens is 381 g/mol. The molecule has 6 heteroatoms. The normalized spacial score (nSPS) is 26.3. The molecule has 0 aromatic heterocycles. The molecule has 2 N–H and O–H groups in total. The van der Waals surface area contributed by atoms with Crippen LogP contribution in [0, 0.1) is 5.41 Å². The lowest BCUT2D eigenvalue weighted by molar-refractivity contribution is 0.0362. The van der Waals surface area contributed by atoms with Gasteiger partial charge in [0.1, 0.15) is 0 Å². The first-order chi connectivity index (χ1) is 9.56. The molecule has 0 bridgehead atoms. The number of likely N-dealkylation sites (tertiary alicyclic amines) is 1. The van der Waals surface area contributed by atoms with E-state index in [0.717, 1.165) is 51.5 Å². The fourth-order valence-electron chi connectivity index (χ4n) is 3.16. The van der Waals surface area contributed by atoms with Crippen LogP contribution >= 0.6 is 24.0 Å². The molecule has 0 aromatic rings. The highest BCUT2D eigenvalue weighted by Gasteiger charge is 2.42. The first kappa shape index (κ1) is 19.0. The van der Waals surface area contributed by atoms with Crippen LogP contribution in [0.2, 0.25) is 0 Å². The van der Waals surface area contributed by atoms with Crippen LogP contribution in [0.4, 0.5) is 0 Å². The van der Waals surface area contributed by atoms with Crippen molar-refractivity contribution >= 4 is 29.9 Å². The van der Waals surface area contributed by atoms with E-state index in [2.05, 4.69) is 15.2 Å². The molecule has 1 unspecified atom stereocenters. The van der Waals surface area contributed by atoms with Crippen molar-refractivity contribution in [3.63, 3.8) is 0 Å². The molecule has 5 nitrogen and oxygen atoms in total. The van der Waals surface area contributed by atoms with Gasteiger partial charge in [0.25, 0.3) is 0 Å². The number of rotatable bonds is 4. The monoisotopic (exact) mass is 411 g/mol. The zero-order chi connectivity index (χ0) is 14.6. The molecule has 2 heterocycles. The van der Waals surface area contributed by atoms with E-state index in [4.69, 9.17) is 4.74 Å². The molecule has 2 rings (SSSR count). The van der Waals surface area contributed by atoms with E-state index >= 15 is 0 Å². The Hall–Kier alpha value is -0.0800. The minimum Gasteiger partial charge on any atom is -0.388 e. The van der Waals surface area contributed by atoms with E-state index in [1.807, 2.05) is 20.9 Å². The van der Waals surface area contributed by atoms with Crippen LogP contribution in [-0.2, 0) is 4.74 Å². The minimum atomic E-state index is -0.635. The van der Waals surface area contributed by atoms with Gasteiger partial charge in [0.2, 0.25) is 0 Å². The summed E-state index contributed by atoms with van der Waals surface area (Å²) < 4.78 is 5.57. The van der Waals surface area contributed by atoms with Crippen LogP contribution in [0.1, 0.15) is 39.5 Å². The molecule has 2 fully saturated rings. The number of aliphatic imine (C=N–C) groups is 1. The molecule has 1 spiro atoms. The van der Waals surface area contributed by atoms with Crippen LogP contribution in [-0.4, -0.2) is 61.5 Å². The van der Waals surface area contributed by atoms with Crippen LogP contribution in [0.15, 0.2) is 4.99 Å². The van der Waals surface area contributed by atoms with Crippen molar-refractivity contribution in [1.82, 2.24) is 10.2 Å². The molecule has 21 heavy (non-hydrogen) atoms. The number of guanidine groups is 1. The van der Waals surface area contributed by atoms with E-state index in [0.29, 0.717) is 12.0 Å². The van der Waals surface area contributed by atoms with Gasteiger partial charge < -0.3 is 20.1 Å². The summed E-state index contributed by atoms with van der Waals surface area (Å²) in [6.45, 7) is 8.43. The molecule has 124 valence electrons. The Balaban J connectivity index is 0.00000220. The van der Waals surface area contributed by atoms with Crippen molar-refractivity contribution in [2.75, 3.05) is 39.9 Å². The van der Waals surface area contributed by atoms with Crippen molar-refractivity contribution in [3.8, 4) is 0 Å². The van der Waals surface area contributed by atoms with Crippen molar-refractivity contribution in [2.45, 2.75) is 45.1 Å². The predicted octanol–water partition coefficient (Wildman–Crippen LogP) is 1.84. The summed E-state index contributed by atoms with van der Waals surface area (Å²) in [5, 5.41) is 13.7. The maximum absolute atomic E-state index is 10.4. The van der Waals surface area contributed by atoms with Crippen LogP contribution in [0.3, 0.4) is 0 Å². The smallest absolute Gasteiger partial charge is 0.193 e. The fraction of sp³-hybridized carbons (Fsp3) is 0.933. The lowest BCUT2D eigenvalue weighted by Gasteiger charge is -2.29. The predicted molar refractivity (Wildman–Crippen MR) is 96.4 cm³/mol. The standard InChI is InChI=1S/C15H29N3O2.HI/c1-4-15(19,5-2)10-17-13(16-3)18-8-6-14(11-18)7-9-20-12-14;/h19H,4-12H2,1-3H3,(H,16,17);1H. The van der Waals surface area contributed by atoms with Gasteiger partial charge in [-0.2, -0.15) is 0 Å². The molecule has 2 aliphatic heterocycles. The van der Waals surface area contributed by atoms with Crippen LogP contribution < -0.4 is 5.32 Å². The third-order valence-electron chi connectivity index (χ3n) is 5.03. The Kier molecular flexibility index (Phi) is 7.19. The molecule has 2 saturated heterocycles. The van der Waals surface area contributed by atoms with E-state index < -0.39 is 5.60 Å². The van der Waals surface area contributed by atoms with Gasteiger partial charge in [0.05, 0.1) is 12.2 Å². The minimum absolute atomic E-state index is 0. The maximum atomic E-state index is 10.4. The first-order valence-electron chi connectivity index (χ1n) is 7.82. The molecule has 1 atom stereocenters. The number of aliphatic hydroxyl groups is 1. The Morgan fingerprint density at radius 3 is 2.62 bits per heavy atom.